The third-order valence-electron chi connectivity index (χ3n) is 4.52. The maximum absolute atomic E-state index is 12.1. The molecular formula is C18H24O4. The number of hydrogen-bond donors (Lipinski definition) is 0. The van der Waals surface area contributed by atoms with Crippen LogP contribution in [-0.4, -0.2) is 18.2 Å². The number of hydrogen-bond acceptors (Lipinski definition) is 4. The van der Waals surface area contributed by atoms with Crippen LogP contribution < -0.4 is 0 Å². The molecule has 120 valence electrons. The van der Waals surface area contributed by atoms with Crippen LogP contribution in [0.1, 0.15) is 68.3 Å². The molecular weight excluding hydrogens is 280 g/mol. The second-order valence-electron chi connectivity index (χ2n) is 5.73. The second-order valence-corrected chi connectivity index (χ2v) is 5.73. The van der Waals surface area contributed by atoms with Crippen LogP contribution in [0, 0.1) is 5.92 Å². The maximum atomic E-state index is 12.1. The summed E-state index contributed by atoms with van der Waals surface area (Å²) in [5, 5.41) is 0. The summed E-state index contributed by atoms with van der Waals surface area (Å²) in [5.74, 6) is 0.771. The first-order valence-electron chi connectivity index (χ1n) is 7.48. The Morgan fingerprint density at radius 1 is 1.09 bits per heavy atom. The molecule has 2 atom stereocenters. The number of carbonyl (C=O) groups is 1. The van der Waals surface area contributed by atoms with Gasteiger partial charge in [-0.2, -0.15) is 9.59 Å². The fourth-order valence-corrected chi connectivity index (χ4v) is 3.51. The summed E-state index contributed by atoms with van der Waals surface area (Å²) in [6.45, 7) is 2.20. The standard InChI is InChI=1S/C16H20O2.CO2.CH4/c1-11-13-9-5-6-10-14(13)16(17)18-15(11)12-7-3-2-4-8-12;2-1-3;/h5-6,9-12,15H,2-4,7-8H2,1H3;;1H4/t11-,15-;;/m1../s1. The van der Waals surface area contributed by atoms with Crippen molar-refractivity contribution in [1.82, 2.24) is 0 Å². The molecule has 1 aromatic carbocycles. The molecule has 1 saturated carbocycles. The van der Waals surface area contributed by atoms with Gasteiger partial charge in [-0.05, 0) is 30.4 Å². The first-order valence-corrected chi connectivity index (χ1v) is 7.48. The fraction of sp³-hybridized carbons (Fsp3) is 0.556. The summed E-state index contributed by atoms with van der Waals surface area (Å²) >= 11 is 0. The van der Waals surface area contributed by atoms with Crippen molar-refractivity contribution < 1.29 is 19.1 Å². The van der Waals surface area contributed by atoms with Crippen molar-refractivity contribution in [3.05, 3.63) is 35.4 Å². The smallest absolute Gasteiger partial charge is 0.373 e. The average Bonchev–Trinajstić information content (AvgIpc) is 2.53. The van der Waals surface area contributed by atoms with Crippen molar-refractivity contribution in [3.63, 3.8) is 0 Å². The lowest BCUT2D eigenvalue weighted by atomic mass is 9.76. The number of carbonyl (C=O) groups excluding carboxylic acids is 3. The van der Waals surface area contributed by atoms with Crippen molar-refractivity contribution in [2.75, 3.05) is 0 Å². The largest absolute Gasteiger partial charge is 0.458 e. The van der Waals surface area contributed by atoms with Gasteiger partial charge in [-0.3, -0.25) is 0 Å². The molecule has 22 heavy (non-hydrogen) atoms. The van der Waals surface area contributed by atoms with E-state index in [4.69, 9.17) is 14.3 Å². The zero-order valence-electron chi connectivity index (χ0n) is 12.2. The molecule has 0 aromatic heterocycles. The molecule has 4 nitrogen and oxygen atoms in total. The molecule has 0 N–H and O–H groups in total. The van der Waals surface area contributed by atoms with Gasteiger partial charge in [0.05, 0.1) is 5.56 Å². The zero-order valence-corrected chi connectivity index (χ0v) is 12.2. The van der Waals surface area contributed by atoms with Gasteiger partial charge < -0.3 is 4.74 Å². The van der Waals surface area contributed by atoms with E-state index in [-0.39, 0.29) is 25.7 Å². The van der Waals surface area contributed by atoms with E-state index in [9.17, 15) is 4.79 Å². The number of cyclic esters (lactones) is 1. The Labute approximate surface area is 131 Å². The summed E-state index contributed by atoms with van der Waals surface area (Å²) in [4.78, 5) is 28.3. The molecule has 3 rings (SSSR count). The summed E-state index contributed by atoms with van der Waals surface area (Å²) in [5.41, 5.74) is 1.93. The normalized spacial score (nSPS) is 23.8. The highest BCUT2D eigenvalue weighted by molar-refractivity contribution is 5.92. The van der Waals surface area contributed by atoms with E-state index in [0.717, 1.165) is 5.56 Å². The van der Waals surface area contributed by atoms with Crippen LogP contribution in [0.4, 0.5) is 0 Å². The number of fused-ring (bicyclic) bond motifs is 1. The van der Waals surface area contributed by atoms with Crippen LogP contribution in [0.3, 0.4) is 0 Å². The molecule has 0 spiro atoms. The first-order chi connectivity index (χ1) is 10.2. The van der Waals surface area contributed by atoms with Crippen LogP contribution in [-0.2, 0) is 14.3 Å². The minimum Gasteiger partial charge on any atom is -0.458 e. The Bertz CT molecular complexity index is 526. The molecule has 0 radical (unpaired) electrons. The van der Waals surface area contributed by atoms with Gasteiger partial charge in [0.1, 0.15) is 6.10 Å². The summed E-state index contributed by atoms with van der Waals surface area (Å²) in [7, 11) is 0. The highest BCUT2D eigenvalue weighted by Gasteiger charge is 2.37. The first kappa shape index (κ1) is 18.1. The van der Waals surface area contributed by atoms with Gasteiger partial charge >= 0.3 is 12.1 Å². The third kappa shape index (κ3) is 3.83. The van der Waals surface area contributed by atoms with Crippen molar-refractivity contribution in [1.29, 1.82) is 0 Å². The Morgan fingerprint density at radius 3 is 2.32 bits per heavy atom. The minimum atomic E-state index is -0.126. The van der Waals surface area contributed by atoms with E-state index < -0.39 is 0 Å². The van der Waals surface area contributed by atoms with Gasteiger partial charge in [0.15, 0.2) is 0 Å². The third-order valence-corrected chi connectivity index (χ3v) is 4.52. The molecule has 0 amide bonds. The summed E-state index contributed by atoms with van der Waals surface area (Å²) < 4.78 is 5.73. The van der Waals surface area contributed by atoms with Gasteiger partial charge in [0.25, 0.3) is 0 Å². The molecule has 4 heteroatoms. The summed E-state index contributed by atoms with van der Waals surface area (Å²) in [6.07, 6.45) is 6.67. The number of rotatable bonds is 1. The van der Waals surface area contributed by atoms with E-state index in [2.05, 4.69) is 13.0 Å². The van der Waals surface area contributed by atoms with Crippen molar-refractivity contribution in [2.45, 2.75) is 58.5 Å². The van der Waals surface area contributed by atoms with Crippen molar-refractivity contribution >= 4 is 12.1 Å². The Morgan fingerprint density at radius 2 is 1.68 bits per heavy atom. The molecule has 1 aromatic rings. The fourth-order valence-electron chi connectivity index (χ4n) is 3.51. The van der Waals surface area contributed by atoms with Gasteiger partial charge in [-0.25, -0.2) is 4.79 Å². The monoisotopic (exact) mass is 304 g/mol. The van der Waals surface area contributed by atoms with Crippen LogP contribution in [0.5, 0.6) is 0 Å². The molecule has 1 aliphatic carbocycles. The predicted molar refractivity (Wildman–Crippen MR) is 82.4 cm³/mol. The highest BCUT2D eigenvalue weighted by Crippen LogP contribution is 2.39. The number of esters is 1. The molecule has 0 bridgehead atoms. The van der Waals surface area contributed by atoms with Gasteiger partial charge in [0.2, 0.25) is 0 Å². The number of benzene rings is 1. The lowest BCUT2D eigenvalue weighted by Crippen LogP contribution is -2.37. The minimum absolute atomic E-state index is 0. The Hall–Kier alpha value is -1.93. The van der Waals surface area contributed by atoms with E-state index in [1.165, 1.54) is 37.7 Å². The van der Waals surface area contributed by atoms with Crippen LogP contribution in [0.15, 0.2) is 24.3 Å². The SMILES string of the molecule is C.C[C@@H]1c2ccccc2C(=O)O[C@H]1C1CCCCC1.O=C=O. The zero-order chi connectivity index (χ0) is 15.2. The molecule has 1 aliphatic heterocycles. The van der Waals surface area contributed by atoms with Crippen LogP contribution in [0.25, 0.3) is 0 Å². The molecule has 0 unspecified atom stereocenters. The lowest BCUT2D eigenvalue weighted by Gasteiger charge is -2.37. The summed E-state index contributed by atoms with van der Waals surface area (Å²) in [6, 6.07) is 7.89. The van der Waals surface area contributed by atoms with Gasteiger partial charge in [0, 0.05) is 5.92 Å². The Kier molecular flexibility index (Phi) is 7.00. The van der Waals surface area contributed by atoms with E-state index in [1.54, 1.807) is 0 Å². The Balaban J connectivity index is 0.000000562. The van der Waals surface area contributed by atoms with Crippen LogP contribution in [0.2, 0.25) is 0 Å². The topological polar surface area (TPSA) is 60.4 Å². The lowest BCUT2D eigenvalue weighted by molar-refractivity contribution is -0.191. The van der Waals surface area contributed by atoms with E-state index >= 15 is 0 Å². The van der Waals surface area contributed by atoms with E-state index in [0.29, 0.717) is 11.8 Å². The van der Waals surface area contributed by atoms with E-state index in [1.807, 2.05) is 18.2 Å². The number of ether oxygens (including phenoxy) is 1. The molecule has 1 heterocycles. The predicted octanol–water partition coefficient (Wildman–Crippen LogP) is 3.96. The highest BCUT2D eigenvalue weighted by atomic mass is 16.5. The van der Waals surface area contributed by atoms with Crippen molar-refractivity contribution in [3.8, 4) is 0 Å². The van der Waals surface area contributed by atoms with Gasteiger partial charge in [-0.15, -0.1) is 0 Å². The maximum Gasteiger partial charge on any atom is 0.373 e. The molecule has 1 fully saturated rings. The molecule has 2 aliphatic rings. The van der Waals surface area contributed by atoms with Crippen molar-refractivity contribution in [2.24, 2.45) is 5.92 Å². The average molecular weight is 304 g/mol. The van der Waals surface area contributed by atoms with Crippen LogP contribution >= 0.6 is 0 Å². The van der Waals surface area contributed by atoms with Gasteiger partial charge in [-0.1, -0.05) is 51.8 Å². The molecule has 0 saturated heterocycles. The quantitative estimate of drug-likeness (QED) is 0.737. The second kappa shape index (κ2) is 8.50.